The van der Waals surface area contributed by atoms with Crippen molar-refractivity contribution in [2.24, 2.45) is 13.0 Å². The lowest BCUT2D eigenvalue weighted by Crippen LogP contribution is -2.53. The third-order valence-corrected chi connectivity index (χ3v) is 17.5. The number of carboxylic acids is 1. The number of carbonyl (C=O) groups is 5. The summed E-state index contributed by atoms with van der Waals surface area (Å²) in [4.78, 5) is 80.1. The van der Waals surface area contributed by atoms with Crippen LogP contribution in [0.1, 0.15) is 132 Å². The summed E-state index contributed by atoms with van der Waals surface area (Å²) in [6, 6.07) is 27.2. The van der Waals surface area contributed by atoms with E-state index in [1.807, 2.05) is 85.8 Å². The first-order chi connectivity index (χ1) is 37.3. The molecular formula is C60H63F2N9O6S. The molecule has 4 aromatic carbocycles. The number of alkyl halides is 2. The van der Waals surface area contributed by atoms with Crippen LogP contribution in [0.3, 0.4) is 0 Å². The molecule has 1 unspecified atom stereocenters. The van der Waals surface area contributed by atoms with Crippen molar-refractivity contribution in [3.8, 4) is 11.1 Å². The molecule has 3 fully saturated rings. The van der Waals surface area contributed by atoms with Gasteiger partial charge < -0.3 is 19.8 Å². The largest absolute Gasteiger partial charge is 0.476 e. The number of thiazole rings is 1. The van der Waals surface area contributed by atoms with Crippen LogP contribution >= 0.6 is 11.3 Å². The number of anilines is 3. The number of aryl methyl sites for hydroxylation is 1. The number of amides is 4. The van der Waals surface area contributed by atoms with Crippen LogP contribution in [0.15, 0.2) is 84.9 Å². The van der Waals surface area contributed by atoms with Crippen molar-refractivity contribution >= 4 is 78.7 Å². The quantitative estimate of drug-likeness (QED) is 0.105. The van der Waals surface area contributed by atoms with Crippen molar-refractivity contribution in [1.29, 1.82) is 0 Å². The third kappa shape index (κ3) is 10.1. The number of piperazine rings is 1. The molecule has 1 saturated carbocycles. The maximum atomic E-state index is 16.0. The Balaban J connectivity index is 0.749. The molecule has 1 atom stereocenters. The molecule has 2 saturated heterocycles. The van der Waals surface area contributed by atoms with Crippen LogP contribution in [-0.4, -0.2) is 98.0 Å². The van der Waals surface area contributed by atoms with Crippen LogP contribution in [-0.2, 0) is 39.8 Å². The van der Waals surface area contributed by atoms with Crippen molar-refractivity contribution in [2.75, 3.05) is 47.8 Å². The number of hydrogen-bond donors (Lipinski definition) is 3. The number of benzene rings is 4. The Labute approximate surface area is 455 Å². The zero-order valence-corrected chi connectivity index (χ0v) is 45.3. The second-order valence-electron chi connectivity index (χ2n) is 22.5. The van der Waals surface area contributed by atoms with E-state index in [-0.39, 0.29) is 54.8 Å². The third-order valence-electron chi connectivity index (χ3n) is 16.5. The standard InChI is InChI=1S/C60H63F2N9O6S/c1-34-39(37-18-16-35(17-19-37)32-60(61,62)57(77)70-28-26-69(27-29-70)38-20-21-42-47(30-38)68(5)67-52(42)43-22-23-50(72)65-55(43)74)11-9-12-40(34)51-45(59(2,3)4)31-49(64-53(51)56(75)76)71-25-24-36-10-8-13-41(44(36)33-71)54(73)66-58-63-46-14-6-7-15-48(46)78-58/h6-15,20-21,30-31,35,37,43H,16-19,22-29,32-33H2,1-5H3,(H,75,76)(H,63,66,73)(H,65,72,74). The van der Waals surface area contributed by atoms with Gasteiger partial charge in [0.1, 0.15) is 5.82 Å². The molecule has 3 N–H and O–H groups in total. The summed E-state index contributed by atoms with van der Waals surface area (Å²) in [6.45, 7) is 10.2. The Morgan fingerprint density at radius 1 is 0.846 bits per heavy atom. The molecule has 7 aromatic rings. The number of piperidine rings is 1. The van der Waals surface area contributed by atoms with Crippen molar-refractivity contribution < 1.29 is 37.9 Å². The molecule has 0 spiro atoms. The van der Waals surface area contributed by atoms with Gasteiger partial charge >= 0.3 is 11.9 Å². The Morgan fingerprint density at radius 2 is 1.60 bits per heavy atom. The summed E-state index contributed by atoms with van der Waals surface area (Å²) in [5.41, 5.74) is 9.08. The van der Waals surface area contributed by atoms with E-state index in [0.29, 0.717) is 92.5 Å². The molecule has 11 rings (SSSR count). The lowest BCUT2D eigenvalue weighted by Gasteiger charge is -2.38. The van der Waals surface area contributed by atoms with Gasteiger partial charge in [0.15, 0.2) is 10.8 Å². The Kier molecular flexibility index (Phi) is 13.9. The molecule has 6 heterocycles. The highest BCUT2D eigenvalue weighted by Crippen LogP contribution is 2.46. The van der Waals surface area contributed by atoms with E-state index in [1.54, 1.807) is 11.7 Å². The van der Waals surface area contributed by atoms with Gasteiger partial charge in [0.2, 0.25) is 11.8 Å². The molecule has 3 aliphatic heterocycles. The molecule has 3 aromatic heterocycles. The maximum absolute atomic E-state index is 16.0. The van der Waals surface area contributed by atoms with Gasteiger partial charge in [0.25, 0.3) is 11.8 Å². The van der Waals surface area contributed by atoms with E-state index >= 15 is 8.78 Å². The number of halogens is 2. The van der Waals surface area contributed by atoms with E-state index in [0.717, 1.165) is 60.2 Å². The smallest absolute Gasteiger partial charge is 0.355 e. The van der Waals surface area contributed by atoms with Crippen LogP contribution in [0, 0.1) is 12.8 Å². The molecule has 0 radical (unpaired) electrons. The highest BCUT2D eigenvalue weighted by Gasteiger charge is 2.45. The number of nitrogens with one attached hydrogen (secondary N) is 2. The topological polar surface area (TPSA) is 183 Å². The molecule has 78 heavy (non-hydrogen) atoms. The summed E-state index contributed by atoms with van der Waals surface area (Å²) in [6.07, 6.45) is 3.12. The van der Waals surface area contributed by atoms with Crippen molar-refractivity contribution in [2.45, 2.75) is 109 Å². The highest BCUT2D eigenvalue weighted by atomic mass is 32.1. The maximum Gasteiger partial charge on any atom is 0.355 e. The Morgan fingerprint density at radius 3 is 2.33 bits per heavy atom. The fraction of sp³-hybridized carbons (Fsp3) is 0.400. The Hall–Kier alpha value is -7.60. The minimum atomic E-state index is -3.52. The molecule has 404 valence electrons. The predicted molar refractivity (Wildman–Crippen MR) is 298 cm³/mol. The van der Waals surface area contributed by atoms with Crippen LogP contribution < -0.4 is 20.4 Å². The van der Waals surface area contributed by atoms with Crippen molar-refractivity contribution in [3.63, 3.8) is 0 Å². The fourth-order valence-corrected chi connectivity index (χ4v) is 13.2. The molecule has 0 bridgehead atoms. The summed E-state index contributed by atoms with van der Waals surface area (Å²) in [5.74, 6) is -7.00. The van der Waals surface area contributed by atoms with E-state index in [4.69, 9.17) is 4.98 Å². The van der Waals surface area contributed by atoms with Gasteiger partial charge in [-0.15, -0.1) is 0 Å². The summed E-state index contributed by atoms with van der Waals surface area (Å²) < 4.78 is 34.7. The second-order valence-corrected chi connectivity index (χ2v) is 23.5. The number of rotatable bonds is 11. The second kappa shape index (κ2) is 20.6. The molecule has 1 aliphatic carbocycles. The number of carbonyl (C=O) groups excluding carboxylic acids is 4. The first kappa shape index (κ1) is 52.5. The molecule has 18 heteroatoms. The molecule has 4 aliphatic rings. The summed E-state index contributed by atoms with van der Waals surface area (Å²) in [5, 5.41) is 22.3. The number of para-hydroxylation sites is 1. The van der Waals surface area contributed by atoms with Crippen LogP contribution in [0.5, 0.6) is 0 Å². The number of imide groups is 1. The summed E-state index contributed by atoms with van der Waals surface area (Å²) in [7, 11) is 1.80. The van der Waals surface area contributed by atoms with Gasteiger partial charge in [-0.05, 0) is 139 Å². The van der Waals surface area contributed by atoms with Gasteiger partial charge in [-0.2, -0.15) is 13.9 Å². The van der Waals surface area contributed by atoms with Gasteiger partial charge in [-0.1, -0.05) is 74.6 Å². The van der Waals surface area contributed by atoms with E-state index in [2.05, 4.69) is 57.4 Å². The average Bonchev–Trinajstić information content (AvgIpc) is 4.15. The molecular weight excluding hydrogens is 1010 g/mol. The lowest BCUT2D eigenvalue weighted by atomic mass is 9.74. The van der Waals surface area contributed by atoms with Crippen LogP contribution in [0.4, 0.5) is 25.4 Å². The zero-order valence-electron chi connectivity index (χ0n) is 44.5. The first-order valence-electron chi connectivity index (χ1n) is 26.9. The van der Waals surface area contributed by atoms with Gasteiger partial charge in [0, 0.05) is 81.4 Å². The SMILES string of the molecule is Cc1c(-c2c(C(C)(C)C)cc(N3CCc4cccc(C(=O)Nc5nc6ccccc6s5)c4C3)nc2C(=O)O)cccc1C1CCC(CC(F)(F)C(=O)N2CCN(c3ccc4c(C5CCC(=O)NC5=O)nn(C)c4c3)CC2)CC1. The highest BCUT2D eigenvalue weighted by molar-refractivity contribution is 7.22. The predicted octanol–water partition coefficient (Wildman–Crippen LogP) is 10.5. The van der Waals surface area contributed by atoms with Gasteiger partial charge in [0.05, 0.1) is 27.3 Å². The van der Waals surface area contributed by atoms with Crippen molar-refractivity contribution in [1.82, 2.24) is 30.0 Å². The number of pyridine rings is 1. The minimum Gasteiger partial charge on any atom is -0.476 e. The number of hydrogen-bond acceptors (Lipinski definition) is 11. The first-order valence-corrected chi connectivity index (χ1v) is 27.8. The number of fused-ring (bicyclic) bond motifs is 3. The Bertz CT molecular complexity index is 3520. The van der Waals surface area contributed by atoms with Crippen molar-refractivity contribution in [3.05, 3.63) is 130 Å². The average molecular weight is 1080 g/mol. The van der Waals surface area contributed by atoms with Crippen LogP contribution in [0.25, 0.3) is 32.2 Å². The normalized spacial score (nSPS) is 19.3. The van der Waals surface area contributed by atoms with E-state index < -0.39 is 35.6 Å². The monoisotopic (exact) mass is 1080 g/mol. The van der Waals surface area contributed by atoms with Crippen LogP contribution in [0.2, 0.25) is 0 Å². The molecule has 15 nitrogen and oxygen atoms in total. The van der Waals surface area contributed by atoms with E-state index in [9.17, 15) is 29.1 Å². The number of carboxylic acid groups (broad SMARTS) is 1. The van der Waals surface area contributed by atoms with Gasteiger partial charge in [-0.25, -0.2) is 14.8 Å². The summed E-state index contributed by atoms with van der Waals surface area (Å²) >= 11 is 1.41. The molecule has 4 amide bonds. The zero-order chi connectivity index (χ0) is 54.8. The number of nitrogens with zero attached hydrogens (tertiary/aromatic N) is 7. The number of aromatic carboxylic acids is 1. The lowest BCUT2D eigenvalue weighted by molar-refractivity contribution is -0.160. The van der Waals surface area contributed by atoms with E-state index in [1.165, 1.54) is 16.2 Å². The van der Waals surface area contributed by atoms with Gasteiger partial charge in [-0.3, -0.25) is 34.5 Å². The fourth-order valence-electron chi connectivity index (χ4n) is 12.4. The number of aromatic nitrogens is 4. The minimum absolute atomic E-state index is 0.0567.